The number of rotatable bonds is 13. The van der Waals surface area contributed by atoms with E-state index in [1.54, 1.807) is 0 Å². The molecule has 192 valence electrons. The van der Waals surface area contributed by atoms with E-state index in [0.717, 1.165) is 33.9 Å². The summed E-state index contributed by atoms with van der Waals surface area (Å²) in [5.41, 5.74) is 4.99. The van der Waals surface area contributed by atoms with E-state index < -0.39 is 0 Å². The summed E-state index contributed by atoms with van der Waals surface area (Å²) in [7, 11) is 0. The summed E-state index contributed by atoms with van der Waals surface area (Å²) in [4.78, 5) is 2.13. The molecule has 4 rings (SSSR count). The molecular formula is C30H31NO6. The third kappa shape index (κ3) is 7.01. The van der Waals surface area contributed by atoms with Crippen LogP contribution in [-0.4, -0.2) is 55.0 Å². The van der Waals surface area contributed by atoms with Crippen LogP contribution in [0, 0.1) is 0 Å². The van der Waals surface area contributed by atoms with Gasteiger partial charge in [-0.2, -0.15) is 0 Å². The van der Waals surface area contributed by atoms with Crippen molar-refractivity contribution in [3.8, 4) is 28.4 Å². The largest absolute Gasteiger partial charge is 0.491 e. The second kappa shape index (κ2) is 13.3. The van der Waals surface area contributed by atoms with E-state index in [0.29, 0.717) is 11.5 Å². The molecule has 0 heterocycles. The molecule has 4 aromatic carbocycles. The van der Waals surface area contributed by atoms with Crippen molar-refractivity contribution in [2.75, 3.05) is 44.5 Å². The Balaban J connectivity index is 1.61. The fourth-order valence-electron chi connectivity index (χ4n) is 3.87. The van der Waals surface area contributed by atoms with E-state index in [1.165, 1.54) is 0 Å². The first-order valence-corrected chi connectivity index (χ1v) is 12.1. The molecule has 0 radical (unpaired) electrons. The number of hydrogen-bond donors (Lipinski definition) is 3. The van der Waals surface area contributed by atoms with Crippen molar-refractivity contribution < 1.29 is 29.5 Å². The van der Waals surface area contributed by atoms with Crippen molar-refractivity contribution in [2.24, 2.45) is 0 Å². The van der Waals surface area contributed by atoms with Gasteiger partial charge in [0.2, 0.25) is 0 Å². The summed E-state index contributed by atoms with van der Waals surface area (Å²) in [6, 6.07) is 31.5. The number of aliphatic hydroxyl groups excluding tert-OH is 3. The molecule has 4 aromatic rings. The van der Waals surface area contributed by atoms with Crippen LogP contribution >= 0.6 is 0 Å². The molecule has 0 unspecified atom stereocenters. The zero-order valence-electron chi connectivity index (χ0n) is 20.5. The Kier molecular flexibility index (Phi) is 9.37. The third-order valence-corrected chi connectivity index (χ3v) is 5.58. The minimum atomic E-state index is -0.0384. The predicted molar refractivity (Wildman–Crippen MR) is 144 cm³/mol. The summed E-state index contributed by atoms with van der Waals surface area (Å²) in [5, 5.41) is 27.0. The van der Waals surface area contributed by atoms with Crippen LogP contribution in [0.1, 0.15) is 0 Å². The van der Waals surface area contributed by atoms with Crippen LogP contribution in [0.15, 0.2) is 97.1 Å². The Hall–Kier alpha value is -4.04. The fraction of sp³-hybridized carbons (Fsp3) is 0.200. The number of benzene rings is 4. The summed E-state index contributed by atoms with van der Waals surface area (Å²) >= 11 is 0. The van der Waals surface area contributed by atoms with Gasteiger partial charge in [0.15, 0.2) is 0 Å². The molecule has 0 fully saturated rings. The average Bonchev–Trinajstić information content (AvgIpc) is 2.96. The molecule has 7 heteroatoms. The van der Waals surface area contributed by atoms with Crippen LogP contribution in [0.4, 0.5) is 17.1 Å². The predicted octanol–water partition coefficient (Wildman–Crippen LogP) is 4.94. The lowest BCUT2D eigenvalue weighted by Crippen LogP contribution is -2.10. The molecule has 0 amide bonds. The lowest BCUT2D eigenvalue weighted by atomic mass is 10.0. The Labute approximate surface area is 216 Å². The minimum Gasteiger partial charge on any atom is -0.491 e. The van der Waals surface area contributed by atoms with E-state index >= 15 is 0 Å². The fourth-order valence-corrected chi connectivity index (χ4v) is 3.87. The quantitative estimate of drug-likeness (QED) is 0.239. The molecule has 0 bridgehead atoms. The van der Waals surface area contributed by atoms with Crippen LogP contribution in [0.5, 0.6) is 17.2 Å². The molecule has 0 aliphatic rings. The molecule has 0 saturated carbocycles. The van der Waals surface area contributed by atoms with Crippen LogP contribution in [0.25, 0.3) is 11.1 Å². The van der Waals surface area contributed by atoms with E-state index in [2.05, 4.69) is 29.2 Å². The highest BCUT2D eigenvalue weighted by Crippen LogP contribution is 2.37. The molecule has 0 spiro atoms. The van der Waals surface area contributed by atoms with Gasteiger partial charge < -0.3 is 34.4 Å². The summed E-state index contributed by atoms with van der Waals surface area (Å²) in [6.45, 7) is 0.666. The van der Waals surface area contributed by atoms with Gasteiger partial charge in [0.05, 0.1) is 19.8 Å². The normalized spacial score (nSPS) is 10.7. The topological polar surface area (TPSA) is 91.6 Å². The Morgan fingerprint density at radius 3 is 1.00 bits per heavy atom. The first-order chi connectivity index (χ1) is 18.2. The second-order valence-electron chi connectivity index (χ2n) is 8.11. The van der Waals surface area contributed by atoms with E-state index in [-0.39, 0.29) is 39.6 Å². The molecular weight excluding hydrogens is 470 g/mol. The van der Waals surface area contributed by atoms with E-state index in [9.17, 15) is 0 Å². The summed E-state index contributed by atoms with van der Waals surface area (Å²) in [5.74, 6) is 2.10. The van der Waals surface area contributed by atoms with Crippen molar-refractivity contribution in [3.05, 3.63) is 97.1 Å². The highest BCUT2D eigenvalue weighted by atomic mass is 16.5. The zero-order chi connectivity index (χ0) is 25.9. The lowest BCUT2D eigenvalue weighted by molar-refractivity contribution is 0.201. The van der Waals surface area contributed by atoms with Gasteiger partial charge in [-0.05, 0) is 83.9 Å². The Morgan fingerprint density at radius 1 is 0.405 bits per heavy atom. The van der Waals surface area contributed by atoms with Gasteiger partial charge in [-0.3, -0.25) is 0 Å². The number of aliphatic hydroxyl groups is 3. The van der Waals surface area contributed by atoms with Gasteiger partial charge in [0, 0.05) is 17.1 Å². The van der Waals surface area contributed by atoms with Crippen molar-refractivity contribution in [1.82, 2.24) is 0 Å². The highest BCUT2D eigenvalue weighted by molar-refractivity contribution is 5.78. The lowest BCUT2D eigenvalue weighted by Gasteiger charge is -2.26. The number of hydrogen-bond acceptors (Lipinski definition) is 7. The van der Waals surface area contributed by atoms with Gasteiger partial charge >= 0.3 is 0 Å². The number of anilines is 3. The van der Waals surface area contributed by atoms with Gasteiger partial charge in [-0.15, -0.1) is 0 Å². The van der Waals surface area contributed by atoms with Crippen LogP contribution in [0.3, 0.4) is 0 Å². The van der Waals surface area contributed by atoms with Crippen LogP contribution < -0.4 is 19.1 Å². The van der Waals surface area contributed by atoms with Crippen molar-refractivity contribution >= 4 is 17.1 Å². The second-order valence-corrected chi connectivity index (χ2v) is 8.11. The minimum absolute atomic E-state index is 0.0173. The highest BCUT2D eigenvalue weighted by Gasteiger charge is 2.13. The number of nitrogens with zero attached hydrogens (tertiary/aromatic N) is 1. The first-order valence-electron chi connectivity index (χ1n) is 12.1. The van der Waals surface area contributed by atoms with Gasteiger partial charge in [0.25, 0.3) is 0 Å². The molecule has 7 nitrogen and oxygen atoms in total. The molecule has 37 heavy (non-hydrogen) atoms. The molecule has 0 aliphatic carbocycles. The third-order valence-electron chi connectivity index (χ3n) is 5.58. The maximum Gasteiger partial charge on any atom is 0.119 e. The Morgan fingerprint density at radius 2 is 0.676 bits per heavy atom. The zero-order valence-corrected chi connectivity index (χ0v) is 20.5. The average molecular weight is 502 g/mol. The maximum absolute atomic E-state index is 9.02. The monoisotopic (exact) mass is 501 g/mol. The van der Waals surface area contributed by atoms with Crippen molar-refractivity contribution in [3.63, 3.8) is 0 Å². The van der Waals surface area contributed by atoms with Gasteiger partial charge in [0.1, 0.15) is 37.1 Å². The first kappa shape index (κ1) is 26.0. The SMILES string of the molecule is OCCOc1ccc(-c2ccc(N(c3ccc(OCCO)cc3)c3ccc(OCCO)cc3)cc2)cc1. The van der Waals surface area contributed by atoms with E-state index in [1.807, 2.05) is 72.8 Å². The summed E-state index contributed by atoms with van der Waals surface area (Å²) in [6.07, 6.45) is 0. The van der Waals surface area contributed by atoms with Gasteiger partial charge in [-0.25, -0.2) is 0 Å². The standard InChI is InChI=1S/C30H31NO6/c32-17-20-35-28-11-3-24(4-12-28)23-1-5-25(6-2-23)31(26-7-13-29(14-8-26)36-21-18-33)27-9-15-30(16-10-27)37-22-19-34/h1-16,32-34H,17-22H2. The molecule has 0 aromatic heterocycles. The Bertz CT molecular complexity index is 1160. The van der Waals surface area contributed by atoms with Crippen molar-refractivity contribution in [1.29, 1.82) is 0 Å². The van der Waals surface area contributed by atoms with Crippen molar-refractivity contribution in [2.45, 2.75) is 0 Å². The smallest absolute Gasteiger partial charge is 0.119 e. The summed E-state index contributed by atoms with van der Waals surface area (Å²) < 4.78 is 16.5. The maximum atomic E-state index is 9.02. The van der Waals surface area contributed by atoms with Crippen LogP contribution in [0.2, 0.25) is 0 Å². The number of ether oxygens (including phenoxy) is 3. The van der Waals surface area contributed by atoms with Crippen LogP contribution in [-0.2, 0) is 0 Å². The molecule has 3 N–H and O–H groups in total. The van der Waals surface area contributed by atoms with Gasteiger partial charge in [-0.1, -0.05) is 24.3 Å². The van der Waals surface area contributed by atoms with E-state index in [4.69, 9.17) is 29.5 Å². The molecule has 0 saturated heterocycles. The molecule has 0 aliphatic heterocycles. The molecule has 0 atom stereocenters.